The van der Waals surface area contributed by atoms with Gasteiger partial charge in [-0.1, -0.05) is 30.3 Å². The van der Waals surface area contributed by atoms with Crippen LogP contribution in [-0.4, -0.2) is 35.9 Å². The van der Waals surface area contributed by atoms with Gasteiger partial charge in [-0.25, -0.2) is 10.2 Å². The molecule has 1 aromatic heterocycles. The summed E-state index contributed by atoms with van der Waals surface area (Å²) in [6, 6.07) is 22.7. The molecule has 0 spiro atoms. The van der Waals surface area contributed by atoms with Crippen molar-refractivity contribution in [1.82, 2.24) is 9.99 Å². The highest BCUT2D eigenvalue weighted by atomic mass is 16.5. The van der Waals surface area contributed by atoms with Crippen molar-refractivity contribution in [1.29, 1.82) is 0 Å². The van der Waals surface area contributed by atoms with Crippen LogP contribution in [0, 0.1) is 6.92 Å². The smallest absolute Gasteiger partial charge is 0.340 e. The highest BCUT2D eigenvalue weighted by molar-refractivity contribution is 6.06. The Hall–Kier alpha value is -4.59. The first-order valence-corrected chi connectivity index (χ1v) is 11.9. The molecular weight excluding hydrogens is 470 g/mol. The second kappa shape index (κ2) is 11.9. The van der Waals surface area contributed by atoms with Gasteiger partial charge < -0.3 is 18.8 Å². The van der Waals surface area contributed by atoms with Gasteiger partial charge in [-0.05, 0) is 67.4 Å². The number of carbonyl (C=O) groups excluding carboxylic acids is 2. The van der Waals surface area contributed by atoms with Gasteiger partial charge >= 0.3 is 5.97 Å². The average molecular weight is 500 g/mol. The number of rotatable bonds is 10. The number of amides is 1. The molecule has 0 aliphatic heterocycles. The Morgan fingerprint density at radius 2 is 1.70 bits per heavy atom. The van der Waals surface area contributed by atoms with Crippen LogP contribution in [0.1, 0.15) is 34.1 Å². The van der Waals surface area contributed by atoms with Crippen molar-refractivity contribution in [3.63, 3.8) is 0 Å². The summed E-state index contributed by atoms with van der Waals surface area (Å²) in [5.41, 5.74) is 6.53. The fourth-order valence-corrected chi connectivity index (χ4v) is 3.85. The molecule has 0 atom stereocenters. The summed E-state index contributed by atoms with van der Waals surface area (Å²) in [6.07, 6.45) is 1.54. The molecule has 37 heavy (non-hydrogen) atoms. The van der Waals surface area contributed by atoms with Gasteiger partial charge in [0.25, 0.3) is 5.91 Å². The Kier molecular flexibility index (Phi) is 8.20. The number of hydrazone groups is 1. The monoisotopic (exact) mass is 499 g/mol. The van der Waals surface area contributed by atoms with Crippen LogP contribution in [-0.2, 0) is 23.2 Å². The first-order chi connectivity index (χ1) is 18.0. The van der Waals surface area contributed by atoms with Crippen LogP contribution in [0.3, 0.4) is 0 Å². The maximum Gasteiger partial charge on any atom is 0.340 e. The summed E-state index contributed by atoms with van der Waals surface area (Å²) in [4.78, 5) is 24.7. The minimum Gasteiger partial charge on any atom is -0.489 e. The number of hydrogen-bond donors (Lipinski definition) is 1. The number of hydrogen-bond acceptors (Lipinski definition) is 6. The highest BCUT2D eigenvalue weighted by Gasteiger charge is 2.20. The van der Waals surface area contributed by atoms with E-state index in [2.05, 4.69) is 10.5 Å². The maximum atomic E-state index is 12.5. The third-order valence-electron chi connectivity index (χ3n) is 5.84. The summed E-state index contributed by atoms with van der Waals surface area (Å²) in [5.74, 6) is 0.420. The van der Waals surface area contributed by atoms with E-state index in [0.717, 1.165) is 28.1 Å². The van der Waals surface area contributed by atoms with Crippen LogP contribution >= 0.6 is 0 Å². The van der Waals surface area contributed by atoms with Crippen molar-refractivity contribution in [3.05, 3.63) is 95.2 Å². The van der Waals surface area contributed by atoms with E-state index in [9.17, 15) is 9.59 Å². The van der Waals surface area contributed by atoms with E-state index < -0.39 is 5.91 Å². The molecule has 190 valence electrons. The lowest BCUT2D eigenvalue weighted by molar-refractivity contribution is -0.123. The van der Waals surface area contributed by atoms with Gasteiger partial charge in [0.2, 0.25) is 0 Å². The van der Waals surface area contributed by atoms with Crippen LogP contribution in [0.2, 0.25) is 0 Å². The number of fused-ring (bicyclic) bond motifs is 1. The summed E-state index contributed by atoms with van der Waals surface area (Å²) >= 11 is 0. The summed E-state index contributed by atoms with van der Waals surface area (Å²) in [6.45, 7) is 4.19. The number of aryl methyl sites for hydroxylation is 1. The number of ether oxygens (including phenoxy) is 3. The van der Waals surface area contributed by atoms with Gasteiger partial charge in [-0.3, -0.25) is 4.79 Å². The van der Waals surface area contributed by atoms with E-state index in [1.807, 2.05) is 79.2 Å². The Balaban J connectivity index is 1.30. The van der Waals surface area contributed by atoms with E-state index in [0.29, 0.717) is 23.3 Å². The van der Waals surface area contributed by atoms with Crippen LogP contribution in [0.15, 0.2) is 77.9 Å². The minimum atomic E-state index is -0.408. The molecule has 3 aromatic carbocycles. The topological polar surface area (TPSA) is 91.2 Å². The average Bonchev–Trinajstić information content (AvgIpc) is 3.16. The Morgan fingerprint density at radius 3 is 2.43 bits per heavy atom. The van der Waals surface area contributed by atoms with Crippen molar-refractivity contribution >= 4 is 29.0 Å². The molecule has 0 radical (unpaired) electrons. The highest BCUT2D eigenvalue weighted by Crippen LogP contribution is 2.29. The van der Waals surface area contributed by atoms with Crippen molar-refractivity contribution < 1.29 is 23.8 Å². The van der Waals surface area contributed by atoms with Crippen LogP contribution in [0.4, 0.5) is 0 Å². The largest absolute Gasteiger partial charge is 0.489 e. The molecule has 8 nitrogen and oxygen atoms in total. The Bertz CT molecular complexity index is 1410. The number of aromatic nitrogens is 1. The number of nitrogens with one attached hydrogen (secondary N) is 1. The molecule has 8 heteroatoms. The third kappa shape index (κ3) is 6.35. The van der Waals surface area contributed by atoms with Crippen LogP contribution in [0.25, 0.3) is 10.9 Å². The van der Waals surface area contributed by atoms with E-state index in [4.69, 9.17) is 14.2 Å². The van der Waals surface area contributed by atoms with Crippen LogP contribution in [0.5, 0.6) is 11.5 Å². The quantitative estimate of drug-likeness (QED) is 0.193. The standard InChI is InChI=1S/C29H29N3O5/c1-4-35-29(34)28-20(2)32(3)26-15-14-24(16-25(26)28)37-19-27(33)31-30-17-21-10-12-23(13-11-21)36-18-22-8-6-5-7-9-22/h5-17H,4,18-19H2,1-3H3,(H,31,33). The predicted molar refractivity (Wildman–Crippen MR) is 142 cm³/mol. The SMILES string of the molecule is CCOC(=O)c1c(C)n(C)c2ccc(OCC(=O)NN=Cc3ccc(OCc4ccccc4)cc3)cc12. The zero-order valence-electron chi connectivity index (χ0n) is 21.1. The van der Waals surface area contributed by atoms with E-state index in [1.165, 1.54) is 0 Å². The first-order valence-electron chi connectivity index (χ1n) is 11.9. The van der Waals surface area contributed by atoms with Crippen molar-refractivity contribution in [3.8, 4) is 11.5 Å². The summed E-state index contributed by atoms with van der Waals surface area (Å²) < 4.78 is 18.5. The van der Waals surface area contributed by atoms with Gasteiger partial charge in [0.1, 0.15) is 18.1 Å². The van der Waals surface area contributed by atoms with Crippen molar-refractivity contribution in [2.45, 2.75) is 20.5 Å². The second-order valence-electron chi connectivity index (χ2n) is 8.34. The normalized spacial score (nSPS) is 11.0. The fraction of sp³-hybridized carbons (Fsp3) is 0.207. The van der Waals surface area contributed by atoms with Gasteiger partial charge in [0, 0.05) is 23.6 Å². The zero-order chi connectivity index (χ0) is 26.2. The summed E-state index contributed by atoms with van der Waals surface area (Å²) in [5, 5.41) is 4.70. The molecule has 0 aliphatic carbocycles. The van der Waals surface area contributed by atoms with Gasteiger partial charge in [0.15, 0.2) is 6.61 Å². The van der Waals surface area contributed by atoms with Gasteiger partial charge in [-0.2, -0.15) is 5.10 Å². The molecule has 0 bridgehead atoms. The third-order valence-corrected chi connectivity index (χ3v) is 5.84. The molecule has 4 aromatic rings. The fourth-order valence-electron chi connectivity index (χ4n) is 3.85. The Labute approximate surface area is 215 Å². The molecule has 4 rings (SSSR count). The molecule has 0 fully saturated rings. The molecule has 1 amide bonds. The van der Waals surface area contributed by atoms with E-state index in [1.54, 1.807) is 25.3 Å². The minimum absolute atomic E-state index is 0.227. The molecule has 0 saturated heterocycles. The lowest BCUT2D eigenvalue weighted by Crippen LogP contribution is -2.24. The van der Waals surface area contributed by atoms with Crippen LogP contribution < -0.4 is 14.9 Å². The molecular formula is C29H29N3O5. The molecule has 0 aliphatic rings. The predicted octanol–water partition coefficient (Wildman–Crippen LogP) is 4.77. The summed E-state index contributed by atoms with van der Waals surface area (Å²) in [7, 11) is 1.89. The van der Waals surface area contributed by atoms with Crippen molar-refractivity contribution in [2.24, 2.45) is 12.1 Å². The van der Waals surface area contributed by atoms with Gasteiger partial charge in [-0.15, -0.1) is 0 Å². The maximum absolute atomic E-state index is 12.5. The van der Waals surface area contributed by atoms with E-state index in [-0.39, 0.29) is 19.2 Å². The molecule has 1 heterocycles. The lowest BCUT2D eigenvalue weighted by Gasteiger charge is -2.07. The number of carbonyl (C=O) groups is 2. The molecule has 1 N–H and O–H groups in total. The second-order valence-corrected chi connectivity index (χ2v) is 8.34. The number of esters is 1. The van der Waals surface area contributed by atoms with Gasteiger partial charge in [0.05, 0.1) is 18.4 Å². The number of nitrogens with zero attached hydrogens (tertiary/aromatic N) is 2. The number of benzene rings is 3. The Morgan fingerprint density at radius 1 is 0.973 bits per heavy atom. The lowest BCUT2D eigenvalue weighted by atomic mass is 10.1. The van der Waals surface area contributed by atoms with E-state index >= 15 is 0 Å². The molecule has 0 saturated carbocycles. The van der Waals surface area contributed by atoms with Crippen molar-refractivity contribution in [2.75, 3.05) is 13.2 Å². The zero-order valence-corrected chi connectivity index (χ0v) is 21.1. The first kappa shape index (κ1) is 25.5. The molecule has 0 unspecified atom stereocenters.